The van der Waals surface area contributed by atoms with Crippen molar-refractivity contribution >= 4 is 27.9 Å². The van der Waals surface area contributed by atoms with E-state index in [1.54, 1.807) is 13.3 Å². The number of methoxy groups -OCH3 is 1. The van der Waals surface area contributed by atoms with Crippen LogP contribution < -0.4 is 10.1 Å². The van der Waals surface area contributed by atoms with Gasteiger partial charge in [-0.05, 0) is 38.0 Å². The highest BCUT2D eigenvalue weighted by Gasteiger charge is 2.20. The molecule has 164 valence electrons. The van der Waals surface area contributed by atoms with Crippen LogP contribution in [0.4, 0.5) is 5.95 Å². The lowest BCUT2D eigenvalue weighted by molar-refractivity contribution is 0.393. The molecule has 8 heteroatoms. The van der Waals surface area contributed by atoms with E-state index < -0.39 is 0 Å². The number of fused-ring (bicyclic) bond motifs is 3. The van der Waals surface area contributed by atoms with Crippen molar-refractivity contribution in [2.45, 2.75) is 26.8 Å². The van der Waals surface area contributed by atoms with E-state index in [2.05, 4.69) is 32.6 Å². The predicted octanol–water partition coefficient (Wildman–Crippen LogP) is 5.00. The standard InChI is InChI=1S/C25H22N6O2/c1-15-23(16(2)33-30-15)19-11-20-18(12-22(19)32-3)24-21(13-27-20)29-25(28-14-26)31(24)10-9-17-7-5-4-6-8-17/h4-8,11-13H,9-10H2,1-3H3,(H,28,29). The summed E-state index contributed by atoms with van der Waals surface area (Å²) in [7, 11) is 1.64. The van der Waals surface area contributed by atoms with Gasteiger partial charge >= 0.3 is 0 Å². The molecule has 0 atom stereocenters. The third kappa shape index (κ3) is 3.53. The van der Waals surface area contributed by atoms with Crippen LogP contribution in [0.25, 0.3) is 33.1 Å². The molecular formula is C25H22N6O2. The Kier molecular flexibility index (Phi) is 5.15. The van der Waals surface area contributed by atoms with E-state index in [1.807, 2.05) is 54.9 Å². The Balaban J connectivity index is 1.72. The van der Waals surface area contributed by atoms with Gasteiger partial charge in [-0.15, -0.1) is 0 Å². The van der Waals surface area contributed by atoms with Crippen LogP contribution in [0.3, 0.4) is 0 Å². The number of imidazole rings is 1. The molecule has 5 rings (SSSR count). The van der Waals surface area contributed by atoms with Crippen LogP contribution in [0.5, 0.6) is 5.75 Å². The zero-order valence-electron chi connectivity index (χ0n) is 18.6. The quantitative estimate of drug-likeness (QED) is 0.294. The summed E-state index contributed by atoms with van der Waals surface area (Å²) >= 11 is 0. The van der Waals surface area contributed by atoms with E-state index in [9.17, 15) is 5.26 Å². The Morgan fingerprint density at radius 3 is 2.67 bits per heavy atom. The molecule has 3 aromatic heterocycles. The lowest BCUT2D eigenvalue weighted by Crippen LogP contribution is -2.06. The van der Waals surface area contributed by atoms with E-state index in [0.717, 1.165) is 45.4 Å². The summed E-state index contributed by atoms with van der Waals surface area (Å²) in [5, 5.41) is 17.0. The molecule has 5 aromatic rings. The number of hydrogen-bond donors (Lipinski definition) is 1. The van der Waals surface area contributed by atoms with Crippen LogP contribution >= 0.6 is 0 Å². The average molecular weight is 438 g/mol. The minimum atomic E-state index is 0.492. The average Bonchev–Trinajstić information content (AvgIpc) is 3.36. The van der Waals surface area contributed by atoms with Gasteiger partial charge in [0.05, 0.1) is 35.6 Å². The van der Waals surface area contributed by atoms with Crippen molar-refractivity contribution in [3.63, 3.8) is 0 Å². The molecule has 0 unspecified atom stereocenters. The third-order valence-corrected chi connectivity index (χ3v) is 5.83. The number of aromatic nitrogens is 4. The Labute approximate surface area is 190 Å². The topological polar surface area (TPSA) is 102 Å². The van der Waals surface area contributed by atoms with Gasteiger partial charge in [-0.2, -0.15) is 5.26 Å². The van der Waals surface area contributed by atoms with Crippen molar-refractivity contribution in [2.75, 3.05) is 12.4 Å². The van der Waals surface area contributed by atoms with Crippen LogP contribution in [-0.2, 0) is 13.0 Å². The number of ether oxygens (including phenoxy) is 1. The molecule has 0 aliphatic rings. The molecule has 0 amide bonds. The largest absolute Gasteiger partial charge is 0.496 e. The number of anilines is 1. The number of benzene rings is 2. The van der Waals surface area contributed by atoms with Crippen molar-refractivity contribution in [3.8, 4) is 23.1 Å². The highest BCUT2D eigenvalue weighted by atomic mass is 16.5. The van der Waals surface area contributed by atoms with Gasteiger partial charge in [0.25, 0.3) is 0 Å². The minimum Gasteiger partial charge on any atom is -0.496 e. The first-order valence-corrected chi connectivity index (χ1v) is 10.6. The van der Waals surface area contributed by atoms with Crippen LogP contribution in [-0.4, -0.2) is 26.8 Å². The van der Waals surface area contributed by atoms with E-state index in [1.165, 1.54) is 5.56 Å². The fraction of sp³-hybridized carbons (Fsp3) is 0.200. The van der Waals surface area contributed by atoms with Crippen LogP contribution in [0.1, 0.15) is 17.0 Å². The lowest BCUT2D eigenvalue weighted by Gasteiger charge is -2.13. The fourth-order valence-corrected chi connectivity index (χ4v) is 4.32. The van der Waals surface area contributed by atoms with Gasteiger partial charge in [-0.3, -0.25) is 10.3 Å². The number of rotatable bonds is 6. The van der Waals surface area contributed by atoms with Gasteiger partial charge in [0.15, 0.2) is 6.19 Å². The maximum atomic E-state index is 9.28. The summed E-state index contributed by atoms with van der Waals surface area (Å²) in [6, 6.07) is 14.2. The molecule has 0 fully saturated rings. The Morgan fingerprint density at radius 2 is 1.97 bits per heavy atom. The number of aryl methyl sites for hydroxylation is 4. The highest BCUT2D eigenvalue weighted by Crippen LogP contribution is 2.39. The molecule has 0 bridgehead atoms. The SMILES string of the molecule is COc1cc2c(cc1-c1c(C)noc1C)ncc1nc(NC#N)n(CCc3ccccc3)c12. The first kappa shape index (κ1) is 20.5. The summed E-state index contributed by atoms with van der Waals surface area (Å²) in [5.74, 6) is 1.91. The molecule has 0 aliphatic heterocycles. The smallest absolute Gasteiger partial charge is 0.217 e. The Hall–Kier alpha value is -4.38. The highest BCUT2D eigenvalue weighted by molar-refractivity contribution is 6.05. The molecular weight excluding hydrogens is 416 g/mol. The van der Waals surface area contributed by atoms with E-state index in [0.29, 0.717) is 23.8 Å². The van der Waals surface area contributed by atoms with Crippen LogP contribution in [0.2, 0.25) is 0 Å². The maximum Gasteiger partial charge on any atom is 0.217 e. The lowest BCUT2D eigenvalue weighted by atomic mass is 10.0. The number of hydrogen-bond acceptors (Lipinski definition) is 7. The molecule has 2 aromatic carbocycles. The Morgan fingerprint density at radius 1 is 1.15 bits per heavy atom. The van der Waals surface area contributed by atoms with Crippen molar-refractivity contribution in [1.82, 2.24) is 19.7 Å². The van der Waals surface area contributed by atoms with E-state index in [-0.39, 0.29) is 0 Å². The molecule has 0 radical (unpaired) electrons. The molecule has 0 saturated heterocycles. The summed E-state index contributed by atoms with van der Waals surface area (Å²) in [5.41, 5.74) is 6.18. The van der Waals surface area contributed by atoms with E-state index in [4.69, 9.17) is 9.26 Å². The van der Waals surface area contributed by atoms with Crippen molar-refractivity contribution in [3.05, 3.63) is 65.7 Å². The molecule has 0 spiro atoms. The van der Waals surface area contributed by atoms with Gasteiger partial charge in [0.2, 0.25) is 5.95 Å². The van der Waals surface area contributed by atoms with Gasteiger partial charge in [-0.1, -0.05) is 35.5 Å². The summed E-state index contributed by atoms with van der Waals surface area (Å²) < 4.78 is 13.2. The predicted molar refractivity (Wildman–Crippen MR) is 126 cm³/mol. The van der Waals surface area contributed by atoms with Crippen LogP contribution in [0.15, 0.2) is 53.2 Å². The first-order valence-electron chi connectivity index (χ1n) is 10.6. The van der Waals surface area contributed by atoms with E-state index >= 15 is 0 Å². The Bertz CT molecular complexity index is 1490. The normalized spacial score (nSPS) is 11.1. The zero-order chi connectivity index (χ0) is 22.9. The van der Waals surface area contributed by atoms with Gasteiger partial charge < -0.3 is 13.8 Å². The monoisotopic (exact) mass is 438 g/mol. The summed E-state index contributed by atoms with van der Waals surface area (Å²) in [6.45, 7) is 4.44. The number of nitrogens with one attached hydrogen (secondary N) is 1. The first-order chi connectivity index (χ1) is 16.1. The molecule has 3 heterocycles. The second kappa shape index (κ2) is 8.28. The summed E-state index contributed by atoms with van der Waals surface area (Å²) in [4.78, 5) is 9.28. The molecule has 1 N–H and O–H groups in total. The maximum absolute atomic E-state index is 9.28. The summed E-state index contributed by atoms with van der Waals surface area (Å²) in [6.07, 6.45) is 4.53. The molecule has 8 nitrogen and oxygen atoms in total. The number of nitrogens with zero attached hydrogens (tertiary/aromatic N) is 5. The van der Waals surface area contributed by atoms with Gasteiger partial charge in [-0.25, -0.2) is 4.98 Å². The van der Waals surface area contributed by atoms with Crippen molar-refractivity contribution in [1.29, 1.82) is 5.26 Å². The molecule has 33 heavy (non-hydrogen) atoms. The fourth-order valence-electron chi connectivity index (χ4n) is 4.32. The minimum absolute atomic E-state index is 0.492. The van der Waals surface area contributed by atoms with Gasteiger partial charge in [0, 0.05) is 17.5 Å². The zero-order valence-corrected chi connectivity index (χ0v) is 18.6. The van der Waals surface area contributed by atoms with Gasteiger partial charge in [0.1, 0.15) is 17.0 Å². The molecule has 0 aliphatic carbocycles. The molecule has 0 saturated carbocycles. The number of nitriles is 1. The van der Waals surface area contributed by atoms with Crippen molar-refractivity contribution in [2.24, 2.45) is 0 Å². The second-order valence-corrected chi connectivity index (χ2v) is 7.82. The van der Waals surface area contributed by atoms with Crippen molar-refractivity contribution < 1.29 is 9.26 Å². The van der Waals surface area contributed by atoms with Crippen LogP contribution in [0, 0.1) is 25.3 Å². The third-order valence-electron chi connectivity index (χ3n) is 5.83. The second-order valence-electron chi connectivity index (χ2n) is 7.82. The number of pyridine rings is 1.